The van der Waals surface area contributed by atoms with Crippen LogP contribution in [0, 0.1) is 0 Å². The quantitative estimate of drug-likeness (QED) is 0.0262. The molecule has 0 heterocycles. The Bertz CT molecular complexity index is 1610. The minimum absolute atomic E-state index is 0.140. The highest BCUT2D eigenvalue weighted by atomic mass is 16.6. The van der Waals surface area contributed by atoms with Crippen molar-refractivity contribution in [1.82, 2.24) is 0 Å². The number of hydrogen-bond acceptors (Lipinski definition) is 6. The van der Waals surface area contributed by atoms with Gasteiger partial charge in [-0.3, -0.25) is 14.4 Å². The zero-order valence-corrected chi connectivity index (χ0v) is 43.8. The van der Waals surface area contributed by atoms with Crippen LogP contribution in [-0.2, 0) is 28.6 Å². The van der Waals surface area contributed by atoms with E-state index >= 15 is 0 Å². The molecule has 0 saturated heterocycles. The van der Waals surface area contributed by atoms with Gasteiger partial charge in [-0.05, 0) is 128 Å². The summed E-state index contributed by atoms with van der Waals surface area (Å²) in [6.45, 7) is 6.23. The fourth-order valence-corrected chi connectivity index (χ4v) is 6.53. The lowest BCUT2D eigenvalue weighted by Crippen LogP contribution is -2.30. The van der Waals surface area contributed by atoms with Gasteiger partial charge in [0.2, 0.25) is 0 Å². The highest BCUT2D eigenvalue weighted by Gasteiger charge is 2.19. The smallest absolute Gasteiger partial charge is 0.306 e. The highest BCUT2D eigenvalue weighted by molar-refractivity contribution is 5.71. The average molecular weight is 949 g/mol. The van der Waals surface area contributed by atoms with E-state index in [-0.39, 0.29) is 38.0 Å². The zero-order chi connectivity index (χ0) is 50.0. The molecule has 0 aromatic heterocycles. The highest BCUT2D eigenvalue weighted by Crippen LogP contribution is 2.11. The minimum atomic E-state index is -0.853. The lowest BCUT2D eigenvalue weighted by atomic mass is 10.1. The lowest BCUT2D eigenvalue weighted by Gasteiger charge is -2.18. The topological polar surface area (TPSA) is 78.9 Å². The van der Waals surface area contributed by atoms with Gasteiger partial charge in [-0.25, -0.2) is 0 Å². The van der Waals surface area contributed by atoms with Gasteiger partial charge in [0.15, 0.2) is 6.10 Å². The van der Waals surface area contributed by atoms with Gasteiger partial charge in [0.25, 0.3) is 0 Å². The molecule has 0 unspecified atom stereocenters. The van der Waals surface area contributed by atoms with Crippen LogP contribution in [0.1, 0.15) is 201 Å². The van der Waals surface area contributed by atoms with Crippen LogP contribution in [0.3, 0.4) is 0 Å². The van der Waals surface area contributed by atoms with E-state index in [4.69, 9.17) is 14.2 Å². The van der Waals surface area contributed by atoms with Crippen molar-refractivity contribution in [1.29, 1.82) is 0 Å². The molecule has 384 valence electrons. The molecule has 0 aromatic carbocycles. The molecule has 0 aliphatic rings. The third kappa shape index (κ3) is 53.8. The number of allylic oxidation sites excluding steroid dienone is 26. The normalized spacial score (nSPS) is 13.4. The fourth-order valence-electron chi connectivity index (χ4n) is 6.53. The van der Waals surface area contributed by atoms with Crippen LogP contribution in [0.5, 0.6) is 0 Å². The number of ether oxygens (including phenoxy) is 3. The van der Waals surface area contributed by atoms with Crippen molar-refractivity contribution in [3.05, 3.63) is 158 Å². The maximum absolute atomic E-state index is 12.8. The maximum atomic E-state index is 12.8. The van der Waals surface area contributed by atoms with Gasteiger partial charge in [-0.15, -0.1) is 0 Å². The van der Waals surface area contributed by atoms with E-state index in [9.17, 15) is 14.4 Å². The van der Waals surface area contributed by atoms with Gasteiger partial charge in [0.05, 0.1) is 0 Å². The van der Waals surface area contributed by atoms with E-state index in [1.54, 1.807) is 0 Å². The van der Waals surface area contributed by atoms with Crippen LogP contribution in [0.2, 0.25) is 0 Å². The number of hydrogen-bond donors (Lipinski definition) is 0. The van der Waals surface area contributed by atoms with Gasteiger partial charge >= 0.3 is 17.9 Å². The Hall–Kier alpha value is -4.97. The minimum Gasteiger partial charge on any atom is -0.462 e. The van der Waals surface area contributed by atoms with Gasteiger partial charge < -0.3 is 14.2 Å². The van der Waals surface area contributed by atoms with Crippen molar-refractivity contribution >= 4 is 17.9 Å². The number of carbonyl (C=O) groups excluding carboxylic acids is 3. The third-order valence-corrected chi connectivity index (χ3v) is 10.5. The first-order chi connectivity index (χ1) is 34.0. The molecule has 0 fully saturated rings. The Balaban J connectivity index is 4.65. The van der Waals surface area contributed by atoms with Crippen LogP contribution in [0.15, 0.2) is 158 Å². The molecule has 0 saturated carbocycles. The largest absolute Gasteiger partial charge is 0.462 e. The molecule has 0 radical (unpaired) electrons. The second kappa shape index (κ2) is 55.6. The second-order valence-electron chi connectivity index (χ2n) is 17.0. The summed E-state index contributed by atoms with van der Waals surface area (Å²) in [5.74, 6) is -1.11. The number of rotatable bonds is 46. The van der Waals surface area contributed by atoms with Crippen molar-refractivity contribution in [3.63, 3.8) is 0 Å². The van der Waals surface area contributed by atoms with Crippen LogP contribution < -0.4 is 0 Å². The van der Waals surface area contributed by atoms with Gasteiger partial charge in [0, 0.05) is 19.3 Å². The third-order valence-electron chi connectivity index (χ3n) is 10.5. The van der Waals surface area contributed by atoms with E-state index in [2.05, 4.69) is 167 Å². The van der Waals surface area contributed by atoms with Crippen molar-refractivity contribution in [2.24, 2.45) is 0 Å². The van der Waals surface area contributed by atoms with Gasteiger partial charge in [-0.1, -0.05) is 211 Å². The van der Waals surface area contributed by atoms with Gasteiger partial charge in [0.1, 0.15) is 13.2 Å². The number of carbonyl (C=O) groups is 3. The summed E-state index contributed by atoms with van der Waals surface area (Å²) < 4.78 is 16.7. The first kappa shape index (κ1) is 64.0. The summed E-state index contributed by atoms with van der Waals surface area (Å²) >= 11 is 0. The summed E-state index contributed by atoms with van der Waals surface area (Å²) in [7, 11) is 0. The van der Waals surface area contributed by atoms with Gasteiger partial charge in [-0.2, -0.15) is 0 Å². The molecule has 0 N–H and O–H groups in total. The fraction of sp³-hybridized carbons (Fsp3) is 0.540. The van der Waals surface area contributed by atoms with E-state index in [1.807, 2.05) is 12.2 Å². The SMILES string of the molecule is CC/C=C\C/C=C\C/C=C\C/C=C\C/C=C\C/C=C\CCC(=O)OC[C@H](COC(=O)CCCCCCC/C=C\C/C=C\C/C=C\CC)OC(=O)CCC/C=C\C/C=C\C/C=C\C/C=C\CCCCC. The summed E-state index contributed by atoms with van der Waals surface area (Å²) in [6.07, 6.45) is 81.0. The molecule has 69 heavy (non-hydrogen) atoms. The Morgan fingerprint density at radius 3 is 1.01 bits per heavy atom. The van der Waals surface area contributed by atoms with Crippen LogP contribution >= 0.6 is 0 Å². The molecule has 0 rings (SSSR count). The van der Waals surface area contributed by atoms with Crippen molar-refractivity contribution in [3.8, 4) is 0 Å². The standard InChI is InChI=1S/C63H96O6/c1-4-7-10-13-16-19-22-25-28-30-31-33-35-38-41-44-47-50-53-56-62(65)68-59-60(58-67-61(64)55-52-49-46-43-40-37-34-27-24-21-18-15-12-9-6-3)69-63(66)57-54-51-48-45-42-39-36-32-29-26-23-20-17-14-11-8-5-2/h7,9-10,12,16-21,25-29,31,33-34,36,38-39,41,45,47-48,50,60H,4-6,8,11,13-15,22-24,30,32,35,37,40,42-44,46,49,51-59H2,1-3H3/b10-7-,12-9-,19-16-,20-17-,21-18-,28-25-,29-26-,33-31-,34-27-,39-36-,41-38-,48-45-,50-47-/t60-/m0/s1. The summed E-state index contributed by atoms with van der Waals surface area (Å²) in [4.78, 5) is 38.0. The molecule has 0 aliphatic carbocycles. The molecule has 0 amide bonds. The summed E-state index contributed by atoms with van der Waals surface area (Å²) in [5, 5.41) is 0. The van der Waals surface area contributed by atoms with Crippen LogP contribution in [-0.4, -0.2) is 37.2 Å². The molecule has 0 aliphatic heterocycles. The number of esters is 3. The first-order valence-corrected chi connectivity index (χ1v) is 27.0. The molecule has 6 nitrogen and oxygen atoms in total. The molecule has 6 heteroatoms. The Kier molecular flexibility index (Phi) is 51.6. The van der Waals surface area contributed by atoms with Crippen molar-refractivity contribution in [2.45, 2.75) is 207 Å². The Morgan fingerprint density at radius 2 is 0.609 bits per heavy atom. The molecule has 0 spiro atoms. The molecule has 0 bridgehead atoms. The van der Waals surface area contributed by atoms with Crippen molar-refractivity contribution in [2.75, 3.05) is 13.2 Å². The van der Waals surface area contributed by atoms with Crippen LogP contribution in [0.25, 0.3) is 0 Å². The van der Waals surface area contributed by atoms with Crippen LogP contribution in [0.4, 0.5) is 0 Å². The monoisotopic (exact) mass is 949 g/mol. The first-order valence-electron chi connectivity index (χ1n) is 27.0. The van der Waals surface area contributed by atoms with E-state index in [1.165, 1.54) is 25.7 Å². The zero-order valence-electron chi connectivity index (χ0n) is 43.8. The van der Waals surface area contributed by atoms with Crippen molar-refractivity contribution < 1.29 is 28.6 Å². The van der Waals surface area contributed by atoms with E-state index in [0.29, 0.717) is 19.3 Å². The Morgan fingerprint density at radius 1 is 0.304 bits per heavy atom. The predicted octanol–water partition coefficient (Wildman–Crippen LogP) is 18.2. The van der Waals surface area contributed by atoms with E-state index in [0.717, 1.165) is 122 Å². The maximum Gasteiger partial charge on any atom is 0.306 e. The molecule has 1 atom stereocenters. The summed E-state index contributed by atoms with van der Waals surface area (Å²) in [6, 6.07) is 0. The number of unbranched alkanes of at least 4 members (excludes halogenated alkanes) is 9. The summed E-state index contributed by atoms with van der Waals surface area (Å²) in [5.41, 5.74) is 0. The second-order valence-corrected chi connectivity index (χ2v) is 17.0. The predicted molar refractivity (Wildman–Crippen MR) is 297 cm³/mol. The average Bonchev–Trinajstić information content (AvgIpc) is 3.35. The van der Waals surface area contributed by atoms with E-state index < -0.39 is 12.1 Å². The molecular weight excluding hydrogens is 853 g/mol. The Labute approximate surface area is 422 Å². The molecular formula is C63H96O6. The lowest BCUT2D eigenvalue weighted by molar-refractivity contribution is -0.166. The molecule has 0 aromatic rings.